The number of aliphatic hydroxyl groups is 1. The number of aliphatic hydroxyl groups excluding tert-OH is 1. The Morgan fingerprint density at radius 3 is 2.71 bits per heavy atom. The molecule has 0 aromatic heterocycles. The molecular formula is C18H30O3. The summed E-state index contributed by atoms with van der Waals surface area (Å²) in [5.74, 6) is 3.08. The monoisotopic (exact) mass is 294 g/mol. The summed E-state index contributed by atoms with van der Waals surface area (Å²) in [6, 6.07) is 0. The molecule has 3 nitrogen and oxygen atoms in total. The molecule has 3 rings (SSSR count). The maximum absolute atomic E-state index is 9.26. The second-order valence-corrected chi connectivity index (χ2v) is 8.04. The van der Waals surface area contributed by atoms with E-state index in [0.717, 1.165) is 24.7 Å². The number of fused-ring (bicyclic) bond motifs is 4. The summed E-state index contributed by atoms with van der Waals surface area (Å²) in [4.78, 5) is 0. The summed E-state index contributed by atoms with van der Waals surface area (Å²) in [7, 11) is 0. The summed E-state index contributed by atoms with van der Waals surface area (Å²) in [5.41, 5.74) is -0.287. The van der Waals surface area contributed by atoms with Crippen LogP contribution >= 0.6 is 0 Å². The van der Waals surface area contributed by atoms with Gasteiger partial charge < -0.3 is 14.6 Å². The first kappa shape index (κ1) is 15.4. The highest BCUT2D eigenvalue weighted by molar-refractivity contribution is 5.15. The fraction of sp³-hybridized carbons (Fsp3) is 0.889. The zero-order chi connectivity index (χ0) is 15.4. The third kappa shape index (κ3) is 2.16. The average Bonchev–Trinajstić information content (AvgIpc) is 2.90. The van der Waals surface area contributed by atoms with E-state index < -0.39 is 0 Å². The summed E-state index contributed by atoms with van der Waals surface area (Å²) in [6.45, 7) is 12.9. The summed E-state index contributed by atoms with van der Waals surface area (Å²) in [6.07, 6.45) is 4.66. The van der Waals surface area contributed by atoms with Gasteiger partial charge in [0.15, 0.2) is 0 Å². The van der Waals surface area contributed by atoms with Crippen LogP contribution < -0.4 is 0 Å². The van der Waals surface area contributed by atoms with Gasteiger partial charge in [0.05, 0.1) is 12.2 Å². The van der Waals surface area contributed by atoms with Crippen molar-refractivity contribution in [3.63, 3.8) is 0 Å². The molecule has 1 aliphatic carbocycles. The normalized spacial score (nSPS) is 48.5. The molecule has 0 radical (unpaired) electrons. The van der Waals surface area contributed by atoms with Crippen molar-refractivity contribution >= 4 is 0 Å². The third-order valence-corrected chi connectivity index (χ3v) is 6.63. The lowest BCUT2D eigenvalue weighted by atomic mass is 9.72. The van der Waals surface area contributed by atoms with Gasteiger partial charge in [0.2, 0.25) is 0 Å². The van der Waals surface area contributed by atoms with Crippen LogP contribution in [0.4, 0.5) is 0 Å². The van der Waals surface area contributed by atoms with Crippen LogP contribution in [0.1, 0.15) is 53.4 Å². The van der Waals surface area contributed by atoms with E-state index in [0.29, 0.717) is 17.6 Å². The fourth-order valence-electron chi connectivity index (χ4n) is 5.21. The summed E-state index contributed by atoms with van der Waals surface area (Å²) < 4.78 is 12.7. The molecule has 0 aromatic carbocycles. The van der Waals surface area contributed by atoms with Gasteiger partial charge in [-0.25, -0.2) is 0 Å². The second-order valence-electron chi connectivity index (χ2n) is 8.04. The molecule has 2 bridgehead atoms. The minimum absolute atomic E-state index is 0.0276. The largest absolute Gasteiger partial charge is 0.490 e. The first-order valence-corrected chi connectivity index (χ1v) is 8.48. The van der Waals surface area contributed by atoms with Crippen LogP contribution in [0, 0.1) is 23.7 Å². The predicted molar refractivity (Wildman–Crippen MR) is 82.8 cm³/mol. The molecule has 1 N–H and O–H groups in total. The van der Waals surface area contributed by atoms with E-state index in [4.69, 9.17) is 9.47 Å². The molecule has 21 heavy (non-hydrogen) atoms. The number of ether oxygens (including phenoxy) is 2. The molecule has 3 fully saturated rings. The Balaban J connectivity index is 1.94. The van der Waals surface area contributed by atoms with Crippen LogP contribution in [0.3, 0.4) is 0 Å². The smallest absolute Gasteiger partial charge is 0.130 e. The lowest BCUT2D eigenvalue weighted by Gasteiger charge is -2.49. The van der Waals surface area contributed by atoms with Crippen LogP contribution in [0.25, 0.3) is 0 Å². The Kier molecular flexibility index (Phi) is 3.65. The Morgan fingerprint density at radius 2 is 2.10 bits per heavy atom. The van der Waals surface area contributed by atoms with E-state index in [1.165, 1.54) is 12.8 Å². The van der Waals surface area contributed by atoms with Crippen molar-refractivity contribution in [3.8, 4) is 0 Å². The molecule has 3 aliphatic rings. The van der Waals surface area contributed by atoms with Gasteiger partial charge in [-0.2, -0.15) is 0 Å². The molecule has 1 saturated carbocycles. The van der Waals surface area contributed by atoms with Crippen LogP contribution in [0.15, 0.2) is 12.3 Å². The van der Waals surface area contributed by atoms with E-state index in [1.54, 1.807) is 0 Å². The average molecular weight is 294 g/mol. The van der Waals surface area contributed by atoms with E-state index in [2.05, 4.69) is 34.3 Å². The lowest BCUT2D eigenvalue weighted by Crippen LogP contribution is -2.53. The second kappa shape index (κ2) is 4.99. The topological polar surface area (TPSA) is 38.7 Å². The van der Waals surface area contributed by atoms with Crippen molar-refractivity contribution in [1.29, 1.82) is 0 Å². The van der Waals surface area contributed by atoms with Gasteiger partial charge in [-0.15, -0.1) is 0 Å². The van der Waals surface area contributed by atoms with Gasteiger partial charge in [0.25, 0.3) is 0 Å². The van der Waals surface area contributed by atoms with Crippen molar-refractivity contribution < 1.29 is 14.6 Å². The van der Waals surface area contributed by atoms with Gasteiger partial charge in [0.1, 0.15) is 17.5 Å². The minimum atomic E-state index is -0.226. The summed E-state index contributed by atoms with van der Waals surface area (Å²) >= 11 is 0. The lowest BCUT2D eigenvalue weighted by molar-refractivity contribution is -0.210. The van der Waals surface area contributed by atoms with Gasteiger partial charge >= 0.3 is 0 Å². The van der Waals surface area contributed by atoms with Crippen molar-refractivity contribution in [3.05, 3.63) is 12.3 Å². The molecule has 0 spiro atoms. The maximum Gasteiger partial charge on any atom is 0.130 e. The molecule has 2 saturated heterocycles. The van der Waals surface area contributed by atoms with Gasteiger partial charge in [0, 0.05) is 6.42 Å². The Bertz CT molecular complexity index is 432. The minimum Gasteiger partial charge on any atom is -0.490 e. The first-order chi connectivity index (χ1) is 9.82. The predicted octanol–water partition coefficient (Wildman–Crippen LogP) is 3.52. The number of hydrogen-bond donors (Lipinski definition) is 1. The highest BCUT2D eigenvalue weighted by Gasteiger charge is 2.66. The zero-order valence-electron chi connectivity index (χ0n) is 13.9. The quantitative estimate of drug-likeness (QED) is 0.806. The van der Waals surface area contributed by atoms with E-state index in [9.17, 15) is 5.11 Å². The van der Waals surface area contributed by atoms with E-state index in [-0.39, 0.29) is 23.9 Å². The summed E-state index contributed by atoms with van der Waals surface area (Å²) in [5, 5.41) is 9.26. The highest BCUT2D eigenvalue weighted by atomic mass is 16.6. The third-order valence-electron chi connectivity index (χ3n) is 6.63. The molecule has 3 heteroatoms. The van der Waals surface area contributed by atoms with Crippen LogP contribution in [-0.4, -0.2) is 29.0 Å². The molecule has 6 unspecified atom stereocenters. The molecular weight excluding hydrogens is 264 g/mol. The SMILES string of the molecule is C=C(CO)OC1CC2(C(C)C)CC3C(C)CCC3C1(C)O2. The van der Waals surface area contributed by atoms with Gasteiger partial charge in [-0.05, 0) is 43.4 Å². The van der Waals surface area contributed by atoms with E-state index >= 15 is 0 Å². The van der Waals surface area contributed by atoms with Crippen molar-refractivity contribution in [2.45, 2.75) is 70.7 Å². The Labute approximate surface area is 128 Å². The molecule has 2 aliphatic heterocycles. The molecule has 0 aromatic rings. The van der Waals surface area contributed by atoms with Crippen LogP contribution in [0.5, 0.6) is 0 Å². The van der Waals surface area contributed by atoms with Crippen molar-refractivity contribution in [2.24, 2.45) is 23.7 Å². The van der Waals surface area contributed by atoms with Crippen LogP contribution in [0.2, 0.25) is 0 Å². The van der Waals surface area contributed by atoms with Crippen molar-refractivity contribution in [1.82, 2.24) is 0 Å². The molecule has 2 heterocycles. The van der Waals surface area contributed by atoms with Crippen molar-refractivity contribution in [2.75, 3.05) is 6.61 Å². The Hall–Kier alpha value is -0.540. The number of rotatable bonds is 4. The molecule has 120 valence electrons. The molecule has 6 atom stereocenters. The Morgan fingerprint density at radius 1 is 1.38 bits per heavy atom. The fourth-order valence-corrected chi connectivity index (χ4v) is 5.21. The first-order valence-electron chi connectivity index (χ1n) is 8.48. The highest BCUT2D eigenvalue weighted by Crippen LogP contribution is 2.62. The maximum atomic E-state index is 9.26. The zero-order valence-corrected chi connectivity index (χ0v) is 13.9. The molecule has 0 amide bonds. The van der Waals surface area contributed by atoms with E-state index in [1.807, 2.05) is 0 Å². The number of hydrogen-bond acceptors (Lipinski definition) is 3. The van der Waals surface area contributed by atoms with Crippen LogP contribution in [-0.2, 0) is 9.47 Å². The standard InChI is InChI=1S/C18H30O3/c1-11(2)18-8-14-12(3)6-7-15(14)17(5,21-18)16(9-18)20-13(4)10-19/h11-12,14-16,19H,4,6-10H2,1-3,5H3. The van der Waals surface area contributed by atoms with Gasteiger partial charge in [-0.3, -0.25) is 0 Å². The van der Waals surface area contributed by atoms with Gasteiger partial charge in [-0.1, -0.05) is 33.8 Å².